The van der Waals surface area contributed by atoms with Gasteiger partial charge in [-0.1, -0.05) is 81.3 Å². The van der Waals surface area contributed by atoms with E-state index < -0.39 is 24.4 Å². The fourth-order valence-electron chi connectivity index (χ4n) is 9.93. The maximum absolute atomic E-state index is 13.3. The minimum absolute atomic E-state index is 0.0247. The molecule has 4 aliphatic rings. The summed E-state index contributed by atoms with van der Waals surface area (Å²) < 4.78 is 13.1. The summed E-state index contributed by atoms with van der Waals surface area (Å²) in [6.45, 7) is 13.2. The third-order valence-corrected chi connectivity index (χ3v) is 13.7. The van der Waals surface area contributed by atoms with Gasteiger partial charge in [0.1, 0.15) is 5.82 Å². The molecule has 5 aromatic rings. The predicted molar refractivity (Wildman–Crippen MR) is 215 cm³/mol. The van der Waals surface area contributed by atoms with Crippen LogP contribution in [0.1, 0.15) is 109 Å². The number of fused-ring (bicyclic) bond motifs is 4. The highest BCUT2D eigenvalue weighted by atomic mass is 16.7. The fraction of sp³-hybridized carbons (Fsp3) is 0.467. The second kappa shape index (κ2) is 12.5. The van der Waals surface area contributed by atoms with Crippen molar-refractivity contribution in [3.63, 3.8) is 0 Å². The Morgan fingerprint density at radius 3 is 2.32 bits per heavy atom. The number of amides is 1. The average Bonchev–Trinajstić information content (AvgIpc) is 3.98. The van der Waals surface area contributed by atoms with Crippen molar-refractivity contribution < 1.29 is 14.1 Å². The van der Waals surface area contributed by atoms with Gasteiger partial charge in [0, 0.05) is 6.54 Å². The van der Waals surface area contributed by atoms with Crippen LogP contribution in [-0.4, -0.2) is 51.7 Å². The number of nitrogens with one attached hydrogen (secondary N) is 1. The van der Waals surface area contributed by atoms with E-state index in [9.17, 15) is 4.79 Å². The number of likely N-dealkylation sites (tertiary alicyclic amines) is 1. The lowest BCUT2D eigenvalue weighted by Gasteiger charge is -2.32. The number of aromatic nitrogens is 2. The van der Waals surface area contributed by atoms with Crippen molar-refractivity contribution in [3.05, 3.63) is 83.7 Å². The molecule has 2 atom stereocenters. The number of nitrogens with two attached hydrogens (primary N) is 1. The molecule has 2 unspecified atom stereocenters. The van der Waals surface area contributed by atoms with Crippen LogP contribution in [0.15, 0.2) is 66.7 Å². The molecular weight excluding hydrogens is 655 g/mol. The Morgan fingerprint density at radius 1 is 0.887 bits per heavy atom. The third kappa shape index (κ3) is 5.50. The molecule has 8 heteroatoms. The minimum atomic E-state index is -0.495. The topological polar surface area (TPSA) is 93.5 Å². The number of carbonyl (C=O) groups excluding carboxylic acids is 1. The largest absolute Gasteiger partial charge is 0.495 e. The van der Waals surface area contributed by atoms with E-state index in [4.69, 9.17) is 20.0 Å². The fourth-order valence-corrected chi connectivity index (χ4v) is 9.93. The number of aromatic amines is 1. The molecule has 1 saturated carbocycles. The zero-order valence-corrected chi connectivity index (χ0v) is 32.2. The summed E-state index contributed by atoms with van der Waals surface area (Å²) >= 11 is 0. The van der Waals surface area contributed by atoms with E-state index >= 15 is 0 Å². The van der Waals surface area contributed by atoms with Crippen molar-refractivity contribution in [1.29, 1.82) is 0 Å². The molecule has 3 heterocycles. The van der Waals surface area contributed by atoms with E-state index in [0.717, 1.165) is 48.1 Å². The van der Waals surface area contributed by atoms with Gasteiger partial charge in [-0.3, -0.25) is 4.79 Å². The lowest BCUT2D eigenvalue weighted by Crippen LogP contribution is -2.46. The Morgan fingerprint density at radius 2 is 1.58 bits per heavy atom. The molecule has 1 spiro atoms. The lowest BCUT2D eigenvalue weighted by atomic mass is 9.74. The number of benzene rings is 4. The van der Waals surface area contributed by atoms with E-state index in [2.05, 4.69) is 99.4 Å². The van der Waals surface area contributed by atoms with Gasteiger partial charge in [0.15, 0.2) is 0 Å². The summed E-state index contributed by atoms with van der Waals surface area (Å²) in [7, 11) is -0.415. The molecule has 1 amide bonds. The number of hydrogen-bond acceptors (Lipinski definition) is 5. The van der Waals surface area contributed by atoms with E-state index in [0.29, 0.717) is 0 Å². The van der Waals surface area contributed by atoms with Crippen LogP contribution in [0.5, 0.6) is 0 Å². The van der Waals surface area contributed by atoms with Crippen molar-refractivity contribution in [2.45, 2.75) is 122 Å². The summed E-state index contributed by atoms with van der Waals surface area (Å²) in [5.41, 5.74) is 17.0. The average molecular weight is 709 g/mol. The quantitative estimate of drug-likeness (QED) is 0.172. The van der Waals surface area contributed by atoms with E-state index in [1.807, 2.05) is 18.7 Å². The molecule has 0 bridgehead atoms. The number of imidazole rings is 1. The van der Waals surface area contributed by atoms with Crippen LogP contribution in [-0.2, 0) is 25.9 Å². The predicted octanol–water partition coefficient (Wildman–Crippen LogP) is 8.75. The number of H-pyrrole nitrogens is 1. The molecule has 1 aromatic heterocycles. The zero-order chi connectivity index (χ0) is 36.9. The summed E-state index contributed by atoms with van der Waals surface area (Å²) in [6, 6.07) is 24.2. The van der Waals surface area contributed by atoms with Gasteiger partial charge < -0.3 is 24.9 Å². The van der Waals surface area contributed by atoms with Crippen LogP contribution in [0.3, 0.4) is 0 Å². The Hall–Kier alpha value is -3.98. The van der Waals surface area contributed by atoms with Gasteiger partial charge in [-0.15, -0.1) is 0 Å². The van der Waals surface area contributed by atoms with E-state index in [-0.39, 0.29) is 23.3 Å². The Balaban J connectivity index is 1.12. The number of carbonyl (C=O) groups is 1. The molecule has 4 aromatic carbocycles. The van der Waals surface area contributed by atoms with Gasteiger partial charge in [0.25, 0.3) is 0 Å². The highest BCUT2D eigenvalue weighted by Gasteiger charge is 2.52. The molecule has 2 saturated heterocycles. The number of nitrogens with zero attached hydrogens (tertiary/aromatic N) is 2. The molecule has 9 rings (SSSR count). The van der Waals surface area contributed by atoms with Crippen LogP contribution in [0.25, 0.3) is 44.1 Å². The van der Waals surface area contributed by atoms with Crippen molar-refractivity contribution in [2.24, 2.45) is 11.7 Å². The van der Waals surface area contributed by atoms with Crippen molar-refractivity contribution in [2.75, 3.05) is 6.54 Å². The van der Waals surface area contributed by atoms with Crippen LogP contribution in [0.2, 0.25) is 0 Å². The first-order chi connectivity index (χ1) is 25.4. The van der Waals surface area contributed by atoms with Crippen LogP contribution in [0.4, 0.5) is 0 Å². The monoisotopic (exact) mass is 708 g/mol. The summed E-state index contributed by atoms with van der Waals surface area (Å²) in [4.78, 5) is 24.0. The molecule has 2 aliphatic heterocycles. The van der Waals surface area contributed by atoms with Gasteiger partial charge in [0.05, 0.1) is 34.3 Å². The summed E-state index contributed by atoms with van der Waals surface area (Å²) in [5, 5.41) is 2.42. The first-order valence-electron chi connectivity index (χ1n) is 20.0. The Bertz CT molecular complexity index is 2230. The van der Waals surface area contributed by atoms with Gasteiger partial charge in [-0.2, -0.15) is 0 Å². The Kier molecular flexibility index (Phi) is 8.23. The number of rotatable bonds is 6. The Labute approximate surface area is 314 Å². The van der Waals surface area contributed by atoms with E-state index in [1.54, 1.807) is 5.56 Å². The van der Waals surface area contributed by atoms with Gasteiger partial charge in [-0.25, -0.2) is 4.98 Å². The van der Waals surface area contributed by atoms with Crippen molar-refractivity contribution in [1.82, 2.24) is 14.9 Å². The first-order valence-corrected chi connectivity index (χ1v) is 20.0. The summed E-state index contributed by atoms with van der Waals surface area (Å²) in [5.74, 6) is 0.983. The summed E-state index contributed by atoms with van der Waals surface area (Å²) in [6.07, 6.45) is 9.22. The molecule has 53 heavy (non-hydrogen) atoms. The third-order valence-electron chi connectivity index (χ3n) is 13.7. The smallest absolute Gasteiger partial charge is 0.399 e. The van der Waals surface area contributed by atoms with Crippen LogP contribution < -0.4 is 11.2 Å². The molecule has 2 aliphatic carbocycles. The maximum atomic E-state index is 13.3. The maximum Gasteiger partial charge on any atom is 0.495 e. The standard InChI is InChI=1S/C45H53BN4O3/c1-27(2)40(47)42(51)50-25-11-14-38(50)41-48-36-20-15-28(26-37(36)49-41)29-16-17-32(34-21-24-45(39(29)34)22-9-10-23-45)31-18-19-35(33-13-8-7-12-30(31)33)46-52-43(3,4)44(5,6)53-46/h7-8,12-13,15-20,26-27,38,40H,9-11,14,21-25,47H2,1-6H3,(H,48,49). The van der Waals surface area contributed by atoms with Crippen LogP contribution in [0, 0.1) is 5.92 Å². The van der Waals surface area contributed by atoms with Gasteiger partial charge in [-0.05, 0) is 139 Å². The first kappa shape index (κ1) is 34.8. The normalized spacial score (nSPS) is 22.2. The minimum Gasteiger partial charge on any atom is -0.399 e. The molecule has 3 fully saturated rings. The second-order valence-electron chi connectivity index (χ2n) is 17.7. The molecule has 3 N–H and O–H groups in total. The lowest BCUT2D eigenvalue weighted by molar-refractivity contribution is -0.134. The van der Waals surface area contributed by atoms with Crippen LogP contribution >= 0.6 is 0 Å². The molecular formula is C45H53BN4O3. The zero-order valence-electron chi connectivity index (χ0n) is 32.2. The number of hydrogen-bond donors (Lipinski definition) is 2. The molecule has 0 radical (unpaired) electrons. The second-order valence-corrected chi connectivity index (χ2v) is 17.7. The van der Waals surface area contributed by atoms with Crippen molar-refractivity contribution in [3.8, 4) is 22.3 Å². The van der Waals surface area contributed by atoms with E-state index in [1.165, 1.54) is 70.7 Å². The van der Waals surface area contributed by atoms with Gasteiger partial charge in [0.2, 0.25) is 5.91 Å². The highest BCUT2D eigenvalue weighted by Crippen LogP contribution is 2.55. The highest BCUT2D eigenvalue weighted by molar-refractivity contribution is 6.65. The van der Waals surface area contributed by atoms with Crippen molar-refractivity contribution >= 4 is 40.3 Å². The van der Waals surface area contributed by atoms with Gasteiger partial charge >= 0.3 is 7.12 Å². The SMILES string of the molecule is CC(C)C(N)C(=O)N1CCCC1c1nc2ccc(-c3ccc(-c4ccc(B5OC(C)(C)C(C)(C)O5)c5ccccc45)c4c3C3(CCCC3)CC4)cc2[nH]1. The molecule has 274 valence electrons. The molecule has 7 nitrogen and oxygen atoms in total.